The Morgan fingerprint density at radius 2 is 1.74 bits per heavy atom. The van der Waals surface area contributed by atoms with Crippen molar-refractivity contribution in [1.29, 1.82) is 0 Å². The number of likely N-dealkylation sites (tertiary alicyclic amines) is 2. The first-order chi connectivity index (χ1) is 13.0. The van der Waals surface area contributed by atoms with E-state index in [0.29, 0.717) is 11.9 Å². The second-order valence-corrected chi connectivity index (χ2v) is 8.60. The molecule has 1 aromatic rings. The highest BCUT2D eigenvalue weighted by Crippen LogP contribution is 2.35. The summed E-state index contributed by atoms with van der Waals surface area (Å²) in [6.07, 6.45) is 7.32. The number of piperidine rings is 2. The van der Waals surface area contributed by atoms with Gasteiger partial charge in [-0.15, -0.1) is 0 Å². The highest BCUT2D eigenvalue weighted by molar-refractivity contribution is 5.95. The lowest BCUT2D eigenvalue weighted by atomic mass is 9.89. The maximum Gasteiger partial charge on any atom is 0.255 e. The number of rotatable bonds is 3. The van der Waals surface area contributed by atoms with E-state index in [1.165, 1.54) is 6.42 Å². The van der Waals surface area contributed by atoms with Gasteiger partial charge in [0.15, 0.2) is 0 Å². The molecule has 5 heteroatoms. The van der Waals surface area contributed by atoms with Crippen LogP contribution in [0.4, 0.5) is 0 Å². The molecule has 1 saturated carbocycles. The lowest BCUT2D eigenvalue weighted by Crippen LogP contribution is -2.43. The third kappa shape index (κ3) is 3.87. The van der Waals surface area contributed by atoms with E-state index in [-0.39, 0.29) is 17.7 Å². The van der Waals surface area contributed by atoms with Crippen molar-refractivity contribution in [2.24, 2.45) is 5.92 Å². The summed E-state index contributed by atoms with van der Waals surface area (Å²) >= 11 is 0. The summed E-state index contributed by atoms with van der Waals surface area (Å²) in [5.74, 6) is 1.04. The van der Waals surface area contributed by atoms with Crippen LogP contribution >= 0.6 is 0 Å². The van der Waals surface area contributed by atoms with Gasteiger partial charge >= 0.3 is 0 Å². The number of pyridine rings is 1. The van der Waals surface area contributed by atoms with E-state index in [9.17, 15) is 9.59 Å². The summed E-state index contributed by atoms with van der Waals surface area (Å²) in [5, 5.41) is 0. The maximum absolute atomic E-state index is 13.3. The van der Waals surface area contributed by atoms with Crippen LogP contribution < -0.4 is 0 Å². The number of aryl methyl sites for hydroxylation is 1. The van der Waals surface area contributed by atoms with E-state index in [1.807, 2.05) is 28.9 Å². The molecule has 5 nitrogen and oxygen atoms in total. The van der Waals surface area contributed by atoms with Crippen LogP contribution in [0.1, 0.15) is 79.5 Å². The molecule has 27 heavy (non-hydrogen) atoms. The third-order valence-corrected chi connectivity index (χ3v) is 6.48. The quantitative estimate of drug-likeness (QED) is 0.819. The predicted octanol–water partition coefficient (Wildman–Crippen LogP) is 3.52. The Kier molecular flexibility index (Phi) is 5.20. The van der Waals surface area contributed by atoms with E-state index in [4.69, 9.17) is 4.98 Å². The van der Waals surface area contributed by atoms with Crippen LogP contribution in [0.5, 0.6) is 0 Å². The number of amides is 2. The molecule has 4 rings (SSSR count). The van der Waals surface area contributed by atoms with Gasteiger partial charge in [0.1, 0.15) is 0 Å². The zero-order chi connectivity index (χ0) is 19.0. The smallest absolute Gasteiger partial charge is 0.255 e. The topological polar surface area (TPSA) is 53.5 Å². The SMILES string of the molecule is Cc1ccc(C(=O)N2CCCCC2C)c(C2CCN(C(=O)C3CC3)CC2)n1. The van der Waals surface area contributed by atoms with Crippen LogP contribution in [-0.2, 0) is 4.79 Å². The minimum atomic E-state index is 0.140. The number of carbonyl (C=O) groups excluding carboxylic acids is 2. The maximum atomic E-state index is 13.3. The van der Waals surface area contributed by atoms with Gasteiger partial charge in [-0.25, -0.2) is 0 Å². The number of hydrogen-bond acceptors (Lipinski definition) is 3. The molecular weight excluding hydrogens is 338 g/mol. The fourth-order valence-corrected chi connectivity index (χ4v) is 4.59. The van der Waals surface area contributed by atoms with Crippen LogP contribution in [0.2, 0.25) is 0 Å². The highest BCUT2D eigenvalue weighted by atomic mass is 16.2. The molecule has 1 atom stereocenters. The number of hydrogen-bond donors (Lipinski definition) is 0. The van der Waals surface area contributed by atoms with Crippen LogP contribution in [0.3, 0.4) is 0 Å². The summed E-state index contributed by atoms with van der Waals surface area (Å²) in [4.78, 5) is 34.5. The standard InChI is InChI=1S/C22H31N3O2/c1-15-6-9-19(22(27)25-12-4-3-5-16(25)2)20(23-15)17-10-13-24(14-11-17)21(26)18-7-8-18/h6,9,16-18H,3-5,7-8,10-14H2,1-2H3. The molecule has 0 aromatic carbocycles. The van der Waals surface area contributed by atoms with Gasteiger partial charge in [0.05, 0.1) is 11.3 Å². The molecule has 2 amide bonds. The molecule has 1 aliphatic carbocycles. The molecule has 2 saturated heterocycles. The van der Waals surface area contributed by atoms with Crippen molar-refractivity contribution in [2.45, 2.75) is 70.8 Å². The van der Waals surface area contributed by atoms with Gasteiger partial charge in [-0.2, -0.15) is 0 Å². The molecular formula is C22H31N3O2. The van der Waals surface area contributed by atoms with Gasteiger partial charge < -0.3 is 9.80 Å². The van der Waals surface area contributed by atoms with Gasteiger partial charge in [0, 0.05) is 43.2 Å². The zero-order valence-corrected chi connectivity index (χ0v) is 16.6. The minimum absolute atomic E-state index is 0.140. The van der Waals surface area contributed by atoms with E-state index in [2.05, 4.69) is 6.92 Å². The molecule has 0 bridgehead atoms. The van der Waals surface area contributed by atoms with Crippen molar-refractivity contribution in [1.82, 2.24) is 14.8 Å². The summed E-state index contributed by atoms with van der Waals surface area (Å²) < 4.78 is 0. The third-order valence-electron chi connectivity index (χ3n) is 6.48. The first kappa shape index (κ1) is 18.5. The van der Waals surface area contributed by atoms with Crippen LogP contribution in [0.25, 0.3) is 0 Å². The first-order valence-electron chi connectivity index (χ1n) is 10.6. The minimum Gasteiger partial charge on any atom is -0.342 e. The Balaban J connectivity index is 1.51. The molecule has 0 N–H and O–H groups in total. The summed E-state index contributed by atoms with van der Waals surface area (Å²) in [5.41, 5.74) is 2.70. The van der Waals surface area contributed by atoms with Gasteiger partial charge in [0.2, 0.25) is 5.91 Å². The van der Waals surface area contributed by atoms with Gasteiger partial charge in [-0.1, -0.05) is 0 Å². The van der Waals surface area contributed by atoms with Gasteiger partial charge in [-0.05, 0) is 70.9 Å². The van der Waals surface area contributed by atoms with Crippen molar-refractivity contribution < 1.29 is 9.59 Å². The molecule has 146 valence electrons. The van der Waals surface area contributed by atoms with Crippen LogP contribution in [0.15, 0.2) is 12.1 Å². The summed E-state index contributed by atoms with van der Waals surface area (Å²) in [7, 11) is 0. The van der Waals surface area contributed by atoms with Gasteiger partial charge in [-0.3, -0.25) is 14.6 Å². The Morgan fingerprint density at radius 1 is 1.00 bits per heavy atom. The van der Waals surface area contributed by atoms with Crippen molar-refractivity contribution in [3.63, 3.8) is 0 Å². The zero-order valence-electron chi connectivity index (χ0n) is 16.6. The fraction of sp³-hybridized carbons (Fsp3) is 0.682. The Bertz CT molecular complexity index is 720. The summed E-state index contributed by atoms with van der Waals surface area (Å²) in [6.45, 7) is 6.59. The summed E-state index contributed by atoms with van der Waals surface area (Å²) in [6, 6.07) is 4.23. The lowest BCUT2D eigenvalue weighted by Gasteiger charge is -2.35. The van der Waals surface area contributed by atoms with E-state index in [1.54, 1.807) is 0 Å². The second kappa shape index (κ2) is 7.61. The van der Waals surface area contributed by atoms with Crippen molar-refractivity contribution >= 4 is 11.8 Å². The second-order valence-electron chi connectivity index (χ2n) is 8.60. The van der Waals surface area contributed by atoms with Crippen molar-refractivity contribution in [3.05, 3.63) is 29.1 Å². The Hall–Kier alpha value is -1.91. The van der Waals surface area contributed by atoms with Gasteiger partial charge in [0.25, 0.3) is 5.91 Å². The lowest BCUT2D eigenvalue weighted by molar-refractivity contribution is -0.133. The van der Waals surface area contributed by atoms with Crippen LogP contribution in [0, 0.1) is 12.8 Å². The number of carbonyl (C=O) groups is 2. The fourth-order valence-electron chi connectivity index (χ4n) is 4.59. The van der Waals surface area contributed by atoms with E-state index in [0.717, 1.165) is 75.1 Å². The Labute approximate surface area is 162 Å². The molecule has 0 radical (unpaired) electrons. The molecule has 1 unspecified atom stereocenters. The highest BCUT2D eigenvalue weighted by Gasteiger charge is 2.36. The normalized spacial score (nSPS) is 24.1. The molecule has 3 heterocycles. The monoisotopic (exact) mass is 369 g/mol. The number of aromatic nitrogens is 1. The van der Waals surface area contributed by atoms with Crippen molar-refractivity contribution in [3.8, 4) is 0 Å². The molecule has 0 spiro atoms. The average molecular weight is 370 g/mol. The molecule has 3 fully saturated rings. The molecule has 2 aliphatic heterocycles. The van der Waals surface area contributed by atoms with Crippen LogP contribution in [-0.4, -0.2) is 52.3 Å². The predicted molar refractivity (Wildman–Crippen MR) is 105 cm³/mol. The number of nitrogens with zero attached hydrogens (tertiary/aromatic N) is 3. The molecule has 3 aliphatic rings. The molecule has 1 aromatic heterocycles. The largest absolute Gasteiger partial charge is 0.342 e. The Morgan fingerprint density at radius 3 is 2.41 bits per heavy atom. The van der Waals surface area contributed by atoms with E-state index >= 15 is 0 Å². The van der Waals surface area contributed by atoms with E-state index < -0.39 is 0 Å². The average Bonchev–Trinajstić information content (AvgIpc) is 3.53. The van der Waals surface area contributed by atoms with Crippen molar-refractivity contribution in [2.75, 3.05) is 19.6 Å². The first-order valence-corrected chi connectivity index (χ1v) is 10.6.